The topological polar surface area (TPSA) is 60.9 Å². The number of fused-ring (bicyclic) bond motifs is 1. The van der Waals surface area contributed by atoms with Crippen LogP contribution < -0.4 is 5.56 Å². The monoisotopic (exact) mass is 439 g/mol. The van der Waals surface area contributed by atoms with Crippen LogP contribution in [0.1, 0.15) is 24.4 Å². The van der Waals surface area contributed by atoms with Crippen LogP contribution in [0, 0.1) is 0 Å². The molecule has 1 unspecified atom stereocenters. The predicted molar refractivity (Wildman–Crippen MR) is 128 cm³/mol. The van der Waals surface area contributed by atoms with Gasteiger partial charge in [0.05, 0.1) is 28.9 Å². The van der Waals surface area contributed by atoms with Crippen molar-refractivity contribution in [2.24, 2.45) is 0 Å². The van der Waals surface area contributed by atoms with E-state index in [9.17, 15) is 4.79 Å². The summed E-state index contributed by atoms with van der Waals surface area (Å²) >= 11 is 1.46. The zero-order valence-corrected chi connectivity index (χ0v) is 18.3. The lowest BCUT2D eigenvalue weighted by atomic mass is 10.1. The van der Waals surface area contributed by atoms with E-state index in [1.54, 1.807) is 10.8 Å². The third kappa shape index (κ3) is 3.97. The lowest BCUT2D eigenvalue weighted by Gasteiger charge is -2.19. The Balaban J connectivity index is 1.50. The molecular weight excluding hydrogens is 418 g/mol. The average Bonchev–Trinajstić information content (AvgIpc) is 3.33. The number of oxazole rings is 1. The number of nitrogens with zero attached hydrogens (tertiary/aromatic N) is 3. The van der Waals surface area contributed by atoms with E-state index in [0.717, 1.165) is 16.9 Å². The Kier molecular flexibility index (Phi) is 5.60. The minimum atomic E-state index is -0.159. The number of hydrogen-bond donors (Lipinski definition) is 0. The van der Waals surface area contributed by atoms with Crippen LogP contribution in [0.25, 0.3) is 22.2 Å². The van der Waals surface area contributed by atoms with Crippen molar-refractivity contribution in [3.05, 3.63) is 113 Å². The number of rotatable bonds is 6. The highest BCUT2D eigenvalue weighted by atomic mass is 32.2. The normalized spacial score (nSPS) is 12.2. The summed E-state index contributed by atoms with van der Waals surface area (Å²) in [6, 6.07) is 27.2. The molecule has 1 atom stereocenters. The molecule has 0 N–H and O–H groups in total. The van der Waals surface area contributed by atoms with Crippen molar-refractivity contribution < 1.29 is 4.42 Å². The van der Waals surface area contributed by atoms with Gasteiger partial charge in [0.1, 0.15) is 0 Å². The van der Waals surface area contributed by atoms with Gasteiger partial charge in [0, 0.05) is 5.56 Å². The Morgan fingerprint density at radius 3 is 2.41 bits per heavy atom. The molecule has 0 radical (unpaired) electrons. The average molecular weight is 440 g/mol. The first-order valence-electron chi connectivity index (χ1n) is 10.4. The molecule has 0 saturated carbocycles. The standard InChI is InChI=1S/C26H21N3O2S/c1-18(19-10-4-2-5-11-19)29-25(30)21-14-8-9-15-22(21)28-26(29)32-17-24-27-16-23(31-24)20-12-6-3-7-13-20/h2-16,18H,17H2,1H3. The summed E-state index contributed by atoms with van der Waals surface area (Å²) in [4.78, 5) is 22.7. The lowest BCUT2D eigenvalue weighted by Crippen LogP contribution is -2.27. The van der Waals surface area contributed by atoms with Gasteiger partial charge in [-0.25, -0.2) is 9.97 Å². The van der Waals surface area contributed by atoms with Crippen molar-refractivity contribution in [2.75, 3.05) is 0 Å². The molecule has 0 bridgehead atoms. The molecule has 2 heterocycles. The number of hydrogen-bond acceptors (Lipinski definition) is 5. The summed E-state index contributed by atoms with van der Waals surface area (Å²) in [5.41, 5.74) is 2.67. The highest BCUT2D eigenvalue weighted by molar-refractivity contribution is 7.98. The maximum Gasteiger partial charge on any atom is 0.262 e. The molecule has 5 nitrogen and oxygen atoms in total. The second-order valence-corrected chi connectivity index (χ2v) is 8.39. The Bertz CT molecular complexity index is 1410. The summed E-state index contributed by atoms with van der Waals surface area (Å²) in [5.74, 6) is 1.79. The predicted octanol–water partition coefficient (Wildman–Crippen LogP) is 5.95. The van der Waals surface area contributed by atoms with Crippen molar-refractivity contribution in [3.8, 4) is 11.3 Å². The number of benzene rings is 3. The Labute approximate surface area is 189 Å². The first-order chi connectivity index (χ1) is 15.7. The lowest BCUT2D eigenvalue weighted by molar-refractivity contribution is 0.526. The van der Waals surface area contributed by atoms with Crippen LogP contribution in [0.5, 0.6) is 0 Å². The van der Waals surface area contributed by atoms with Gasteiger partial charge in [-0.05, 0) is 24.6 Å². The van der Waals surface area contributed by atoms with Gasteiger partial charge in [-0.3, -0.25) is 9.36 Å². The molecule has 0 aliphatic carbocycles. The van der Waals surface area contributed by atoms with Crippen LogP contribution in [0.15, 0.2) is 105 Å². The summed E-state index contributed by atoms with van der Waals surface area (Å²) in [7, 11) is 0. The van der Waals surface area contributed by atoms with Crippen molar-refractivity contribution in [2.45, 2.75) is 23.9 Å². The molecule has 158 valence electrons. The molecule has 0 aliphatic heterocycles. The zero-order chi connectivity index (χ0) is 21.9. The molecule has 0 spiro atoms. The molecule has 2 aromatic heterocycles. The van der Waals surface area contributed by atoms with E-state index in [-0.39, 0.29) is 11.6 Å². The molecular formula is C26H21N3O2S. The van der Waals surface area contributed by atoms with Crippen LogP contribution in [-0.4, -0.2) is 14.5 Å². The summed E-state index contributed by atoms with van der Waals surface area (Å²) in [5, 5.41) is 1.26. The highest BCUT2D eigenvalue weighted by Gasteiger charge is 2.18. The van der Waals surface area contributed by atoms with E-state index in [4.69, 9.17) is 9.40 Å². The van der Waals surface area contributed by atoms with Gasteiger partial charge in [-0.15, -0.1) is 0 Å². The van der Waals surface area contributed by atoms with E-state index >= 15 is 0 Å². The first-order valence-corrected chi connectivity index (χ1v) is 11.4. The van der Waals surface area contributed by atoms with E-state index < -0.39 is 0 Å². The Morgan fingerprint density at radius 1 is 0.938 bits per heavy atom. The van der Waals surface area contributed by atoms with E-state index in [0.29, 0.717) is 27.7 Å². The van der Waals surface area contributed by atoms with Gasteiger partial charge >= 0.3 is 0 Å². The molecule has 0 aliphatic rings. The maximum absolute atomic E-state index is 13.4. The fourth-order valence-corrected chi connectivity index (χ4v) is 4.62. The second-order valence-electron chi connectivity index (χ2n) is 7.45. The van der Waals surface area contributed by atoms with E-state index in [2.05, 4.69) is 4.98 Å². The second kappa shape index (κ2) is 8.85. The zero-order valence-electron chi connectivity index (χ0n) is 17.5. The van der Waals surface area contributed by atoms with Crippen molar-refractivity contribution in [1.82, 2.24) is 14.5 Å². The quantitative estimate of drug-likeness (QED) is 0.242. The van der Waals surface area contributed by atoms with Gasteiger partial charge in [-0.1, -0.05) is 84.6 Å². The summed E-state index contributed by atoms with van der Waals surface area (Å²) in [6.07, 6.45) is 1.73. The molecule has 5 rings (SSSR count). The van der Waals surface area contributed by atoms with Crippen molar-refractivity contribution >= 4 is 22.7 Å². The van der Waals surface area contributed by atoms with Crippen LogP contribution >= 0.6 is 11.8 Å². The first kappa shape index (κ1) is 20.3. The third-order valence-electron chi connectivity index (χ3n) is 5.38. The molecule has 6 heteroatoms. The minimum absolute atomic E-state index is 0.0492. The number of thioether (sulfide) groups is 1. The van der Waals surface area contributed by atoms with Gasteiger partial charge in [0.25, 0.3) is 5.56 Å². The number of para-hydroxylation sites is 1. The van der Waals surface area contributed by atoms with Crippen molar-refractivity contribution in [3.63, 3.8) is 0 Å². The Morgan fingerprint density at radius 2 is 1.62 bits per heavy atom. The largest absolute Gasteiger partial charge is 0.440 e. The van der Waals surface area contributed by atoms with Crippen LogP contribution in [-0.2, 0) is 5.75 Å². The fourth-order valence-electron chi connectivity index (χ4n) is 3.69. The van der Waals surface area contributed by atoms with Gasteiger partial charge in [-0.2, -0.15) is 0 Å². The molecule has 0 amide bonds. The highest BCUT2D eigenvalue weighted by Crippen LogP contribution is 2.28. The van der Waals surface area contributed by atoms with Gasteiger partial charge in [0.15, 0.2) is 10.9 Å². The molecule has 0 saturated heterocycles. The number of aromatic nitrogens is 3. The van der Waals surface area contributed by atoms with Gasteiger partial charge < -0.3 is 4.42 Å². The molecule has 5 aromatic rings. The fraction of sp³-hybridized carbons (Fsp3) is 0.115. The summed E-state index contributed by atoms with van der Waals surface area (Å²) in [6.45, 7) is 2.02. The van der Waals surface area contributed by atoms with Crippen molar-refractivity contribution in [1.29, 1.82) is 0 Å². The van der Waals surface area contributed by atoms with Crippen LogP contribution in [0.4, 0.5) is 0 Å². The van der Waals surface area contributed by atoms with E-state index in [1.807, 2.05) is 91.9 Å². The molecule has 32 heavy (non-hydrogen) atoms. The third-order valence-corrected chi connectivity index (χ3v) is 6.32. The SMILES string of the molecule is CC(c1ccccc1)n1c(SCc2ncc(-c3ccccc3)o2)nc2ccccc2c1=O. The molecule has 0 fully saturated rings. The van der Waals surface area contributed by atoms with Crippen LogP contribution in [0.3, 0.4) is 0 Å². The maximum atomic E-state index is 13.4. The van der Waals surface area contributed by atoms with Gasteiger partial charge in [0.2, 0.25) is 5.89 Å². The summed E-state index contributed by atoms with van der Waals surface area (Å²) < 4.78 is 7.71. The molecule has 3 aromatic carbocycles. The van der Waals surface area contributed by atoms with E-state index in [1.165, 1.54) is 11.8 Å². The minimum Gasteiger partial charge on any atom is -0.440 e. The smallest absolute Gasteiger partial charge is 0.262 e. The Hall–Kier alpha value is -3.64. The van der Waals surface area contributed by atoms with Crippen LogP contribution in [0.2, 0.25) is 0 Å².